The maximum absolute atomic E-state index is 11.1. The van der Waals surface area contributed by atoms with Crippen LogP contribution < -0.4 is 0 Å². The highest BCUT2D eigenvalue weighted by molar-refractivity contribution is 5.93. The van der Waals surface area contributed by atoms with Crippen molar-refractivity contribution in [1.82, 2.24) is 9.55 Å². The largest absolute Gasteiger partial charge is 0.478 e. The number of hydrogen-bond donors (Lipinski definition) is 1. The molecule has 0 radical (unpaired) electrons. The van der Waals surface area contributed by atoms with Crippen LogP contribution in [0.3, 0.4) is 0 Å². The molecule has 0 aliphatic carbocycles. The number of para-hydroxylation sites is 1. The lowest BCUT2D eigenvalue weighted by Crippen LogP contribution is -1.99. The lowest BCUT2D eigenvalue weighted by molar-refractivity contribution is 0.0697. The second-order valence-electron chi connectivity index (χ2n) is 4.34. The Bertz CT molecular complexity index is 760. The van der Waals surface area contributed by atoms with Gasteiger partial charge in [0.1, 0.15) is 5.82 Å². The second-order valence-corrected chi connectivity index (χ2v) is 4.34. The van der Waals surface area contributed by atoms with Gasteiger partial charge in [-0.25, -0.2) is 9.78 Å². The lowest BCUT2D eigenvalue weighted by Gasteiger charge is -2.06. The average molecular weight is 252 g/mol. The van der Waals surface area contributed by atoms with Crippen LogP contribution in [0.2, 0.25) is 0 Å². The van der Waals surface area contributed by atoms with Crippen molar-refractivity contribution in [2.75, 3.05) is 0 Å². The van der Waals surface area contributed by atoms with Crippen LogP contribution in [0.15, 0.2) is 48.5 Å². The van der Waals surface area contributed by atoms with Crippen LogP contribution in [0.5, 0.6) is 0 Å². The topological polar surface area (TPSA) is 55.1 Å². The molecule has 0 unspecified atom stereocenters. The van der Waals surface area contributed by atoms with Gasteiger partial charge >= 0.3 is 5.97 Å². The highest BCUT2D eigenvalue weighted by Gasteiger charge is 2.11. The SMILES string of the molecule is Cc1nc2ccc(C(=O)O)cc2n1-c1ccccc1. The van der Waals surface area contributed by atoms with E-state index in [1.165, 1.54) is 0 Å². The molecule has 4 nitrogen and oxygen atoms in total. The summed E-state index contributed by atoms with van der Waals surface area (Å²) in [4.78, 5) is 15.5. The van der Waals surface area contributed by atoms with Gasteiger partial charge in [-0.3, -0.25) is 4.57 Å². The predicted molar refractivity (Wildman–Crippen MR) is 72.8 cm³/mol. The normalized spacial score (nSPS) is 10.8. The summed E-state index contributed by atoms with van der Waals surface area (Å²) in [5, 5.41) is 9.08. The van der Waals surface area contributed by atoms with Crippen LogP contribution in [-0.4, -0.2) is 20.6 Å². The first kappa shape index (κ1) is 11.5. The molecule has 0 atom stereocenters. The van der Waals surface area contributed by atoms with Crippen LogP contribution in [-0.2, 0) is 0 Å². The highest BCUT2D eigenvalue weighted by Crippen LogP contribution is 2.22. The van der Waals surface area contributed by atoms with Gasteiger partial charge < -0.3 is 5.11 Å². The van der Waals surface area contributed by atoms with Crippen molar-refractivity contribution in [3.05, 3.63) is 59.9 Å². The number of imidazole rings is 1. The fourth-order valence-corrected chi connectivity index (χ4v) is 2.23. The van der Waals surface area contributed by atoms with E-state index in [0.717, 1.165) is 22.5 Å². The summed E-state index contributed by atoms with van der Waals surface area (Å²) in [5.41, 5.74) is 2.85. The maximum Gasteiger partial charge on any atom is 0.335 e. The third kappa shape index (κ3) is 1.87. The summed E-state index contributed by atoms with van der Waals surface area (Å²) >= 11 is 0. The van der Waals surface area contributed by atoms with Gasteiger partial charge in [-0.05, 0) is 37.3 Å². The van der Waals surface area contributed by atoms with Gasteiger partial charge in [0.15, 0.2) is 0 Å². The average Bonchev–Trinajstić information content (AvgIpc) is 2.74. The van der Waals surface area contributed by atoms with Gasteiger partial charge in [0.05, 0.1) is 16.6 Å². The Balaban J connectivity index is 2.31. The zero-order chi connectivity index (χ0) is 13.4. The number of nitrogens with zero attached hydrogens (tertiary/aromatic N) is 2. The number of aryl methyl sites for hydroxylation is 1. The van der Waals surface area contributed by atoms with Gasteiger partial charge in [0.25, 0.3) is 0 Å². The van der Waals surface area contributed by atoms with Gasteiger partial charge in [0.2, 0.25) is 0 Å². The van der Waals surface area contributed by atoms with Crippen molar-refractivity contribution in [3.8, 4) is 5.69 Å². The first-order valence-corrected chi connectivity index (χ1v) is 5.94. The Hall–Kier alpha value is -2.62. The summed E-state index contributed by atoms with van der Waals surface area (Å²) in [6.45, 7) is 1.91. The molecule has 0 saturated heterocycles. The quantitative estimate of drug-likeness (QED) is 0.762. The number of carbonyl (C=O) groups is 1. The molecule has 1 aromatic heterocycles. The van der Waals surface area contributed by atoms with Crippen LogP contribution in [0.1, 0.15) is 16.2 Å². The Kier molecular flexibility index (Phi) is 2.56. The van der Waals surface area contributed by atoms with Crippen molar-refractivity contribution in [2.45, 2.75) is 6.92 Å². The Morgan fingerprint density at radius 2 is 1.89 bits per heavy atom. The minimum Gasteiger partial charge on any atom is -0.478 e. The Labute approximate surface area is 109 Å². The van der Waals surface area contributed by atoms with Gasteiger partial charge in [-0.15, -0.1) is 0 Å². The number of carboxylic acid groups (broad SMARTS) is 1. The number of aromatic carboxylic acids is 1. The second kappa shape index (κ2) is 4.24. The molecule has 1 heterocycles. The molecule has 0 aliphatic rings. The molecule has 4 heteroatoms. The molecule has 0 spiro atoms. The van der Waals surface area contributed by atoms with E-state index in [0.29, 0.717) is 0 Å². The molecule has 19 heavy (non-hydrogen) atoms. The predicted octanol–water partition coefficient (Wildman–Crippen LogP) is 3.03. The van der Waals surface area contributed by atoms with Crippen LogP contribution in [0.4, 0.5) is 0 Å². The van der Waals surface area contributed by atoms with Crippen LogP contribution >= 0.6 is 0 Å². The van der Waals surface area contributed by atoms with Gasteiger partial charge in [-0.2, -0.15) is 0 Å². The third-order valence-corrected chi connectivity index (χ3v) is 3.08. The van der Waals surface area contributed by atoms with Crippen LogP contribution in [0, 0.1) is 6.92 Å². The van der Waals surface area contributed by atoms with E-state index in [9.17, 15) is 4.79 Å². The summed E-state index contributed by atoms with van der Waals surface area (Å²) in [5.74, 6) is -0.0934. The van der Waals surface area contributed by atoms with Gasteiger partial charge in [-0.1, -0.05) is 18.2 Å². The van der Waals surface area contributed by atoms with Crippen molar-refractivity contribution in [1.29, 1.82) is 0 Å². The fourth-order valence-electron chi connectivity index (χ4n) is 2.23. The lowest BCUT2D eigenvalue weighted by atomic mass is 10.2. The zero-order valence-electron chi connectivity index (χ0n) is 10.4. The summed E-state index contributed by atoms with van der Waals surface area (Å²) in [6, 6.07) is 14.8. The minimum absolute atomic E-state index is 0.268. The van der Waals surface area contributed by atoms with E-state index in [4.69, 9.17) is 5.11 Å². The van der Waals surface area contributed by atoms with Crippen molar-refractivity contribution in [2.24, 2.45) is 0 Å². The third-order valence-electron chi connectivity index (χ3n) is 3.08. The summed E-state index contributed by atoms with van der Waals surface area (Å²) in [7, 11) is 0. The summed E-state index contributed by atoms with van der Waals surface area (Å²) < 4.78 is 1.96. The summed E-state index contributed by atoms with van der Waals surface area (Å²) in [6.07, 6.45) is 0. The Morgan fingerprint density at radius 3 is 2.58 bits per heavy atom. The van der Waals surface area contributed by atoms with Crippen molar-refractivity contribution >= 4 is 17.0 Å². The molecule has 0 aliphatic heterocycles. The first-order valence-electron chi connectivity index (χ1n) is 5.94. The van der Waals surface area contributed by atoms with E-state index >= 15 is 0 Å². The van der Waals surface area contributed by atoms with Crippen LogP contribution in [0.25, 0.3) is 16.7 Å². The molecule has 0 bridgehead atoms. The molecule has 0 fully saturated rings. The fraction of sp³-hybridized carbons (Fsp3) is 0.0667. The zero-order valence-corrected chi connectivity index (χ0v) is 10.4. The molecule has 1 N–H and O–H groups in total. The molecule has 3 rings (SSSR count). The number of hydrogen-bond acceptors (Lipinski definition) is 2. The first-order chi connectivity index (χ1) is 9.16. The molecular weight excluding hydrogens is 240 g/mol. The highest BCUT2D eigenvalue weighted by atomic mass is 16.4. The standard InChI is InChI=1S/C15H12N2O2/c1-10-16-13-8-7-11(15(18)19)9-14(13)17(10)12-5-3-2-4-6-12/h2-9H,1H3,(H,18,19). The molecule has 0 saturated carbocycles. The monoisotopic (exact) mass is 252 g/mol. The number of fused-ring (bicyclic) bond motifs is 1. The Morgan fingerprint density at radius 1 is 1.16 bits per heavy atom. The number of carboxylic acids is 1. The van der Waals surface area contributed by atoms with E-state index in [1.54, 1.807) is 18.2 Å². The van der Waals surface area contributed by atoms with Crippen molar-refractivity contribution < 1.29 is 9.90 Å². The van der Waals surface area contributed by atoms with Crippen molar-refractivity contribution in [3.63, 3.8) is 0 Å². The molecule has 2 aromatic carbocycles. The number of aromatic nitrogens is 2. The number of benzene rings is 2. The van der Waals surface area contributed by atoms with E-state index in [2.05, 4.69) is 4.98 Å². The van der Waals surface area contributed by atoms with E-state index in [-0.39, 0.29) is 5.56 Å². The molecule has 3 aromatic rings. The van der Waals surface area contributed by atoms with Gasteiger partial charge in [0, 0.05) is 5.69 Å². The molecule has 0 amide bonds. The minimum atomic E-state index is -0.930. The maximum atomic E-state index is 11.1. The molecule has 94 valence electrons. The van der Waals surface area contributed by atoms with E-state index in [1.807, 2.05) is 41.8 Å². The molecular formula is C15H12N2O2. The van der Waals surface area contributed by atoms with E-state index < -0.39 is 5.97 Å². The smallest absolute Gasteiger partial charge is 0.335 e. The number of rotatable bonds is 2.